The Kier molecular flexibility index (Phi) is 5.28. The van der Waals surface area contributed by atoms with E-state index in [1.54, 1.807) is 6.26 Å². The van der Waals surface area contributed by atoms with Gasteiger partial charge in [0.25, 0.3) is 0 Å². The zero-order valence-corrected chi connectivity index (χ0v) is 14.0. The molecule has 126 valence electrons. The van der Waals surface area contributed by atoms with Crippen LogP contribution in [-0.4, -0.2) is 25.8 Å². The van der Waals surface area contributed by atoms with Crippen LogP contribution >= 0.6 is 12.4 Å². The van der Waals surface area contributed by atoms with Crippen LogP contribution < -0.4 is 14.8 Å². The van der Waals surface area contributed by atoms with Crippen molar-refractivity contribution in [3.05, 3.63) is 65.9 Å². The first-order valence-electron chi connectivity index (χ1n) is 7.90. The standard InChI is InChI=1S/C19H19NO3.ClH/c1-2-6-16-14(5-1)9-10-21-19(16)12-20-11-15-13-22-17-7-3-4-8-18(17)23-15;/h1-10,15,19-20H,11-13H2;1H. The van der Waals surface area contributed by atoms with E-state index in [-0.39, 0.29) is 24.6 Å². The van der Waals surface area contributed by atoms with Gasteiger partial charge in [-0.25, -0.2) is 0 Å². The van der Waals surface area contributed by atoms with Crippen molar-refractivity contribution in [2.45, 2.75) is 12.2 Å². The second-order valence-electron chi connectivity index (χ2n) is 5.71. The van der Waals surface area contributed by atoms with Gasteiger partial charge < -0.3 is 19.5 Å². The quantitative estimate of drug-likeness (QED) is 0.919. The van der Waals surface area contributed by atoms with Crippen LogP contribution in [0.25, 0.3) is 6.08 Å². The molecule has 24 heavy (non-hydrogen) atoms. The zero-order chi connectivity index (χ0) is 15.5. The summed E-state index contributed by atoms with van der Waals surface area (Å²) in [5.41, 5.74) is 2.44. The highest BCUT2D eigenvalue weighted by Gasteiger charge is 2.22. The molecular formula is C19H20ClNO3. The third kappa shape index (κ3) is 3.50. The van der Waals surface area contributed by atoms with E-state index in [1.807, 2.05) is 42.5 Å². The molecule has 0 saturated carbocycles. The van der Waals surface area contributed by atoms with Crippen LogP contribution in [-0.2, 0) is 4.74 Å². The Balaban J connectivity index is 0.00000169. The van der Waals surface area contributed by atoms with E-state index in [2.05, 4.69) is 17.4 Å². The molecule has 2 unspecified atom stereocenters. The van der Waals surface area contributed by atoms with Gasteiger partial charge in [0.15, 0.2) is 11.5 Å². The molecule has 4 nitrogen and oxygen atoms in total. The SMILES string of the molecule is C1=Cc2ccccc2C(CNCC2COc3ccccc3O2)O1.Cl. The first-order chi connectivity index (χ1) is 11.4. The van der Waals surface area contributed by atoms with Crippen LogP contribution in [0.15, 0.2) is 54.8 Å². The van der Waals surface area contributed by atoms with Crippen molar-refractivity contribution in [2.75, 3.05) is 19.7 Å². The lowest BCUT2D eigenvalue weighted by molar-refractivity contribution is 0.0836. The number of nitrogens with one attached hydrogen (secondary N) is 1. The minimum atomic E-state index is 0. The van der Waals surface area contributed by atoms with Crippen molar-refractivity contribution in [1.82, 2.24) is 5.32 Å². The lowest BCUT2D eigenvalue weighted by atomic mass is 10.0. The van der Waals surface area contributed by atoms with E-state index < -0.39 is 0 Å². The van der Waals surface area contributed by atoms with Crippen molar-refractivity contribution in [2.24, 2.45) is 0 Å². The summed E-state index contributed by atoms with van der Waals surface area (Å²) < 4.78 is 17.4. The minimum absolute atomic E-state index is 0. The van der Waals surface area contributed by atoms with Crippen molar-refractivity contribution in [1.29, 1.82) is 0 Å². The molecule has 0 aromatic heterocycles. The largest absolute Gasteiger partial charge is 0.492 e. The maximum Gasteiger partial charge on any atom is 0.161 e. The smallest absolute Gasteiger partial charge is 0.161 e. The number of fused-ring (bicyclic) bond motifs is 2. The van der Waals surface area contributed by atoms with Gasteiger partial charge in [-0.05, 0) is 23.8 Å². The number of ether oxygens (including phenoxy) is 3. The summed E-state index contributed by atoms with van der Waals surface area (Å²) in [6.45, 7) is 2.02. The maximum atomic E-state index is 5.95. The van der Waals surface area contributed by atoms with Crippen molar-refractivity contribution >= 4 is 18.5 Å². The van der Waals surface area contributed by atoms with Crippen molar-refractivity contribution in [3.8, 4) is 11.5 Å². The predicted molar refractivity (Wildman–Crippen MR) is 95.8 cm³/mol. The lowest BCUT2D eigenvalue weighted by Crippen LogP contribution is -2.40. The van der Waals surface area contributed by atoms with Crippen LogP contribution in [0.3, 0.4) is 0 Å². The molecule has 4 rings (SSSR count). The normalized spacial score (nSPS) is 20.5. The summed E-state index contributed by atoms with van der Waals surface area (Å²) in [4.78, 5) is 0. The molecule has 0 bridgehead atoms. The summed E-state index contributed by atoms with van der Waals surface area (Å²) in [6, 6.07) is 16.1. The second kappa shape index (κ2) is 7.60. The van der Waals surface area contributed by atoms with Crippen LogP contribution in [0.1, 0.15) is 17.2 Å². The highest BCUT2D eigenvalue weighted by atomic mass is 35.5. The van der Waals surface area contributed by atoms with Crippen LogP contribution in [0.5, 0.6) is 11.5 Å². The number of hydrogen-bond donors (Lipinski definition) is 1. The predicted octanol–water partition coefficient (Wildman–Crippen LogP) is 3.58. The second-order valence-corrected chi connectivity index (χ2v) is 5.71. The Morgan fingerprint density at radius 2 is 1.75 bits per heavy atom. The highest BCUT2D eigenvalue weighted by molar-refractivity contribution is 5.85. The maximum absolute atomic E-state index is 5.95. The topological polar surface area (TPSA) is 39.7 Å². The monoisotopic (exact) mass is 345 g/mol. The van der Waals surface area contributed by atoms with E-state index >= 15 is 0 Å². The Morgan fingerprint density at radius 3 is 2.67 bits per heavy atom. The van der Waals surface area contributed by atoms with E-state index in [0.717, 1.165) is 24.6 Å². The Morgan fingerprint density at radius 1 is 0.958 bits per heavy atom. The summed E-state index contributed by atoms with van der Waals surface area (Å²) >= 11 is 0. The third-order valence-electron chi connectivity index (χ3n) is 4.10. The van der Waals surface area contributed by atoms with Gasteiger partial charge in [-0.15, -0.1) is 12.4 Å². The number of rotatable bonds is 4. The molecular weight excluding hydrogens is 326 g/mol. The fraction of sp³-hybridized carbons (Fsp3) is 0.263. The molecule has 1 N–H and O–H groups in total. The number of benzene rings is 2. The molecule has 2 aromatic rings. The first kappa shape index (κ1) is 16.7. The summed E-state index contributed by atoms with van der Waals surface area (Å²) in [5, 5.41) is 3.43. The van der Waals surface area contributed by atoms with E-state index in [1.165, 1.54) is 11.1 Å². The van der Waals surface area contributed by atoms with Crippen LogP contribution in [0.2, 0.25) is 0 Å². The number of hydrogen-bond acceptors (Lipinski definition) is 4. The molecule has 0 aliphatic carbocycles. The average Bonchev–Trinajstić information content (AvgIpc) is 2.62. The van der Waals surface area contributed by atoms with Gasteiger partial charge in [0, 0.05) is 18.7 Å². The molecule has 0 radical (unpaired) electrons. The van der Waals surface area contributed by atoms with Gasteiger partial charge in [0.2, 0.25) is 0 Å². The molecule has 0 amide bonds. The molecule has 0 fully saturated rings. The molecule has 0 saturated heterocycles. The lowest BCUT2D eigenvalue weighted by Gasteiger charge is -2.28. The molecule has 2 atom stereocenters. The van der Waals surface area contributed by atoms with Gasteiger partial charge in [0.05, 0.1) is 6.26 Å². The number of halogens is 1. The molecule has 2 aromatic carbocycles. The van der Waals surface area contributed by atoms with Gasteiger partial charge in [0.1, 0.15) is 18.8 Å². The summed E-state index contributed by atoms with van der Waals surface area (Å²) in [5.74, 6) is 1.63. The highest BCUT2D eigenvalue weighted by Crippen LogP contribution is 2.31. The van der Waals surface area contributed by atoms with Crippen molar-refractivity contribution < 1.29 is 14.2 Å². The van der Waals surface area contributed by atoms with E-state index in [4.69, 9.17) is 14.2 Å². The third-order valence-corrected chi connectivity index (χ3v) is 4.10. The molecule has 2 heterocycles. The molecule has 0 spiro atoms. The molecule has 2 aliphatic heterocycles. The van der Waals surface area contributed by atoms with Gasteiger partial charge in [-0.1, -0.05) is 36.4 Å². The van der Waals surface area contributed by atoms with E-state index in [0.29, 0.717) is 6.61 Å². The Bertz CT molecular complexity index is 719. The zero-order valence-electron chi connectivity index (χ0n) is 13.2. The Labute approximate surface area is 147 Å². The molecule has 5 heteroatoms. The van der Waals surface area contributed by atoms with Gasteiger partial charge in [-0.3, -0.25) is 0 Å². The number of para-hydroxylation sites is 2. The average molecular weight is 346 g/mol. The van der Waals surface area contributed by atoms with Crippen molar-refractivity contribution in [3.63, 3.8) is 0 Å². The van der Waals surface area contributed by atoms with Gasteiger partial charge >= 0.3 is 0 Å². The minimum Gasteiger partial charge on any atom is -0.492 e. The fourth-order valence-corrected chi connectivity index (χ4v) is 2.93. The Hall–Kier alpha value is -2.17. The fourth-order valence-electron chi connectivity index (χ4n) is 2.93. The summed E-state index contributed by atoms with van der Waals surface area (Å²) in [6.07, 6.45) is 3.82. The van der Waals surface area contributed by atoms with E-state index in [9.17, 15) is 0 Å². The molecule has 2 aliphatic rings. The van der Waals surface area contributed by atoms with Gasteiger partial charge in [-0.2, -0.15) is 0 Å². The summed E-state index contributed by atoms with van der Waals surface area (Å²) in [7, 11) is 0. The van der Waals surface area contributed by atoms with Crippen LogP contribution in [0, 0.1) is 0 Å². The first-order valence-corrected chi connectivity index (χ1v) is 7.90. The van der Waals surface area contributed by atoms with Crippen LogP contribution in [0.4, 0.5) is 0 Å².